The van der Waals surface area contributed by atoms with Crippen LogP contribution in [0.15, 0.2) is 77.3 Å². The van der Waals surface area contributed by atoms with E-state index in [0.717, 1.165) is 21.3 Å². The van der Waals surface area contributed by atoms with E-state index in [1.807, 2.05) is 6.07 Å². The van der Waals surface area contributed by atoms with Crippen molar-refractivity contribution in [1.29, 1.82) is 0 Å². The maximum atomic E-state index is 6.45. The maximum Gasteiger partial charge on any atom is 0.203 e. The van der Waals surface area contributed by atoms with Crippen molar-refractivity contribution >= 4 is 40.1 Å². The average Bonchev–Trinajstić information content (AvgIpc) is 3.00. The monoisotopic (exact) mass is 387 g/mol. The molecule has 5 rings (SSSR count). The molecule has 1 aliphatic rings. The van der Waals surface area contributed by atoms with Crippen LogP contribution in [0.2, 0.25) is 0 Å². The summed E-state index contributed by atoms with van der Waals surface area (Å²) < 4.78 is 9.79. The first-order valence-electron chi connectivity index (χ1n) is 8.34. The van der Waals surface area contributed by atoms with Crippen molar-refractivity contribution in [3.63, 3.8) is 0 Å². The Bertz CT molecular complexity index is 1100. The van der Waals surface area contributed by atoms with E-state index >= 15 is 0 Å². The fraction of sp³-hybridized carbons (Fsp3) is 0.0476. The van der Waals surface area contributed by atoms with Crippen LogP contribution in [-0.4, -0.2) is 12.4 Å². The molecule has 4 aromatic rings. The van der Waals surface area contributed by atoms with E-state index in [2.05, 4.69) is 95.1 Å². The lowest BCUT2D eigenvalue weighted by Gasteiger charge is -2.30. The SMILES string of the molecule is Bc1ccc2c(c1)cc1n2[C@H](c2ccccc2)Oc2cc(Br)ccc2-1. The average molecular weight is 388 g/mol. The predicted molar refractivity (Wildman–Crippen MR) is 108 cm³/mol. The molecule has 2 heterocycles. The molecule has 25 heavy (non-hydrogen) atoms. The number of nitrogens with zero attached hydrogens (tertiary/aromatic N) is 1. The van der Waals surface area contributed by atoms with E-state index in [-0.39, 0.29) is 6.23 Å². The summed E-state index contributed by atoms with van der Waals surface area (Å²) in [6, 6.07) is 25.5. The minimum Gasteiger partial charge on any atom is -0.465 e. The number of benzene rings is 3. The topological polar surface area (TPSA) is 14.2 Å². The van der Waals surface area contributed by atoms with Gasteiger partial charge in [0.25, 0.3) is 0 Å². The summed E-state index contributed by atoms with van der Waals surface area (Å²) in [4.78, 5) is 0. The van der Waals surface area contributed by atoms with E-state index in [1.54, 1.807) is 0 Å². The number of fused-ring (bicyclic) bond motifs is 5. The van der Waals surface area contributed by atoms with E-state index in [0.29, 0.717) is 0 Å². The second-order valence-electron chi connectivity index (χ2n) is 6.48. The molecule has 0 saturated heterocycles. The third-order valence-corrected chi connectivity index (χ3v) is 5.27. The molecule has 0 aliphatic carbocycles. The molecule has 0 bridgehead atoms. The lowest BCUT2D eigenvalue weighted by molar-refractivity contribution is 0.173. The Balaban J connectivity index is 1.84. The molecule has 2 nitrogen and oxygen atoms in total. The molecule has 0 unspecified atom stereocenters. The van der Waals surface area contributed by atoms with Crippen molar-refractivity contribution < 1.29 is 4.74 Å². The molecule has 1 atom stereocenters. The Morgan fingerprint density at radius 1 is 0.920 bits per heavy atom. The normalized spacial score (nSPS) is 15.5. The molecule has 1 aliphatic heterocycles. The van der Waals surface area contributed by atoms with E-state index in [1.165, 1.54) is 22.1 Å². The number of hydrogen-bond acceptors (Lipinski definition) is 1. The standard InChI is InChI=1S/C21H15BBrNO/c22-15-6-9-18-14(10-15)11-19-17-8-7-16(23)12-20(17)25-21(24(18)19)13-4-2-1-3-5-13/h1-12,21H,22H2/t21-/m0/s1. The van der Waals surface area contributed by atoms with Crippen molar-refractivity contribution in [1.82, 2.24) is 4.57 Å². The highest BCUT2D eigenvalue weighted by atomic mass is 79.9. The maximum absolute atomic E-state index is 6.45. The molecule has 0 fully saturated rings. The fourth-order valence-electron chi connectivity index (χ4n) is 3.63. The molecule has 0 N–H and O–H groups in total. The Morgan fingerprint density at radius 3 is 2.60 bits per heavy atom. The lowest BCUT2D eigenvalue weighted by Crippen LogP contribution is -2.22. The Kier molecular flexibility index (Phi) is 3.29. The van der Waals surface area contributed by atoms with Gasteiger partial charge in [-0.2, -0.15) is 0 Å². The quantitative estimate of drug-likeness (QED) is 0.445. The lowest BCUT2D eigenvalue weighted by atomic mass is 9.95. The van der Waals surface area contributed by atoms with Crippen LogP contribution < -0.4 is 10.2 Å². The van der Waals surface area contributed by atoms with Gasteiger partial charge in [0.2, 0.25) is 6.23 Å². The number of aromatic nitrogens is 1. The third kappa shape index (κ3) is 2.32. The molecule has 0 radical (unpaired) electrons. The largest absolute Gasteiger partial charge is 0.465 e. The highest BCUT2D eigenvalue weighted by Gasteiger charge is 2.28. The van der Waals surface area contributed by atoms with Gasteiger partial charge in [0.05, 0.1) is 11.2 Å². The number of halogens is 1. The number of hydrogen-bond donors (Lipinski definition) is 0. The van der Waals surface area contributed by atoms with Crippen LogP contribution in [0, 0.1) is 0 Å². The summed E-state index contributed by atoms with van der Waals surface area (Å²) in [6.07, 6.45) is -0.168. The Hall–Kier alpha value is -2.46. The highest BCUT2D eigenvalue weighted by Crippen LogP contribution is 2.44. The van der Waals surface area contributed by atoms with E-state index in [9.17, 15) is 0 Å². The van der Waals surface area contributed by atoms with Crippen LogP contribution in [0.3, 0.4) is 0 Å². The van der Waals surface area contributed by atoms with Gasteiger partial charge in [-0.05, 0) is 35.7 Å². The van der Waals surface area contributed by atoms with Crippen molar-refractivity contribution in [2.45, 2.75) is 6.23 Å². The smallest absolute Gasteiger partial charge is 0.203 e. The van der Waals surface area contributed by atoms with Gasteiger partial charge >= 0.3 is 0 Å². The first-order valence-corrected chi connectivity index (χ1v) is 9.13. The highest BCUT2D eigenvalue weighted by molar-refractivity contribution is 9.10. The molecule has 0 saturated carbocycles. The summed E-state index contributed by atoms with van der Waals surface area (Å²) in [5, 5.41) is 1.25. The molecule has 4 heteroatoms. The summed E-state index contributed by atoms with van der Waals surface area (Å²) in [6.45, 7) is 0. The van der Waals surface area contributed by atoms with Gasteiger partial charge in [0.1, 0.15) is 13.6 Å². The van der Waals surface area contributed by atoms with Gasteiger partial charge < -0.3 is 9.30 Å². The molecular weight excluding hydrogens is 373 g/mol. The fourth-order valence-corrected chi connectivity index (χ4v) is 3.97. The zero-order valence-electron chi connectivity index (χ0n) is 13.7. The van der Waals surface area contributed by atoms with Gasteiger partial charge in [-0.15, -0.1) is 0 Å². The second kappa shape index (κ2) is 5.53. The van der Waals surface area contributed by atoms with Crippen LogP contribution in [0.5, 0.6) is 5.75 Å². The Labute approximate surface area is 155 Å². The second-order valence-corrected chi connectivity index (χ2v) is 7.40. The zero-order valence-corrected chi connectivity index (χ0v) is 15.3. The van der Waals surface area contributed by atoms with Gasteiger partial charge in [-0.3, -0.25) is 0 Å². The minimum atomic E-state index is -0.168. The first kappa shape index (κ1) is 14.9. The molecule has 1 aromatic heterocycles. The van der Waals surface area contributed by atoms with Gasteiger partial charge in [-0.1, -0.05) is 63.9 Å². The van der Waals surface area contributed by atoms with Crippen molar-refractivity contribution in [2.75, 3.05) is 0 Å². The van der Waals surface area contributed by atoms with Gasteiger partial charge in [0, 0.05) is 15.6 Å². The van der Waals surface area contributed by atoms with Crippen LogP contribution in [0.25, 0.3) is 22.2 Å². The zero-order chi connectivity index (χ0) is 17.0. The van der Waals surface area contributed by atoms with Crippen LogP contribution in [0.4, 0.5) is 0 Å². The summed E-state index contributed by atoms with van der Waals surface area (Å²) >= 11 is 3.56. The molecular formula is C21H15BBrNO. The predicted octanol–water partition coefficient (Wildman–Crippen LogP) is 4.27. The van der Waals surface area contributed by atoms with Crippen LogP contribution in [0.1, 0.15) is 11.8 Å². The number of ether oxygens (including phenoxy) is 1. The van der Waals surface area contributed by atoms with E-state index in [4.69, 9.17) is 4.74 Å². The first-order chi connectivity index (χ1) is 12.2. The summed E-state index contributed by atoms with van der Waals surface area (Å²) in [5.74, 6) is 0.912. The van der Waals surface area contributed by atoms with Crippen LogP contribution >= 0.6 is 15.9 Å². The molecule has 3 aromatic carbocycles. The number of rotatable bonds is 1. The van der Waals surface area contributed by atoms with Gasteiger partial charge in [0.15, 0.2) is 0 Å². The van der Waals surface area contributed by atoms with Gasteiger partial charge in [-0.25, -0.2) is 0 Å². The minimum absolute atomic E-state index is 0.168. The molecule has 0 amide bonds. The molecule has 0 spiro atoms. The van der Waals surface area contributed by atoms with Crippen molar-refractivity contribution in [3.05, 3.63) is 82.8 Å². The van der Waals surface area contributed by atoms with Crippen molar-refractivity contribution in [3.8, 4) is 17.0 Å². The van der Waals surface area contributed by atoms with E-state index < -0.39 is 0 Å². The third-order valence-electron chi connectivity index (χ3n) is 4.77. The summed E-state index contributed by atoms with van der Waals surface area (Å²) in [5.41, 5.74) is 5.94. The molecule has 120 valence electrons. The van der Waals surface area contributed by atoms with Crippen molar-refractivity contribution in [2.24, 2.45) is 0 Å². The Morgan fingerprint density at radius 2 is 1.76 bits per heavy atom. The summed E-state index contributed by atoms with van der Waals surface area (Å²) in [7, 11) is 2.13. The van der Waals surface area contributed by atoms with Crippen LogP contribution in [-0.2, 0) is 0 Å².